The lowest BCUT2D eigenvalue weighted by Gasteiger charge is -2.28. The van der Waals surface area contributed by atoms with Gasteiger partial charge in [-0.2, -0.15) is 0 Å². The molecule has 51 heavy (non-hydrogen) atoms. The number of allylic oxidation sites excluding steroid dienone is 2. The number of hydrogen-bond donors (Lipinski definition) is 0. The zero-order valence-electron chi connectivity index (χ0n) is 34.3. The zero-order valence-corrected chi connectivity index (χ0v) is 35.2. The van der Waals surface area contributed by atoms with E-state index in [1.807, 2.05) is 21.1 Å². The highest BCUT2D eigenvalue weighted by molar-refractivity contribution is 7.45. The first-order valence-corrected chi connectivity index (χ1v) is 22.9. The molecule has 0 fully saturated rings. The average molecular weight is 746 g/mol. The van der Waals surface area contributed by atoms with Gasteiger partial charge in [-0.1, -0.05) is 161 Å². The highest BCUT2D eigenvalue weighted by atomic mass is 31.2. The molecule has 0 heterocycles. The molecule has 0 amide bonds. The molecule has 2 unspecified atom stereocenters. The van der Waals surface area contributed by atoms with Crippen LogP contribution in [-0.4, -0.2) is 70.7 Å². The fourth-order valence-corrected chi connectivity index (χ4v) is 6.68. The minimum atomic E-state index is -4.52. The first kappa shape index (κ1) is 50.2. The second kappa shape index (κ2) is 36.2. The van der Waals surface area contributed by atoms with E-state index in [1.165, 1.54) is 128 Å². The number of esters is 1. The molecule has 0 rings (SSSR count). The van der Waals surface area contributed by atoms with Crippen LogP contribution in [0, 0.1) is 0 Å². The van der Waals surface area contributed by atoms with E-state index in [-0.39, 0.29) is 25.8 Å². The molecule has 0 aromatic rings. The van der Waals surface area contributed by atoms with Gasteiger partial charge in [0.2, 0.25) is 0 Å². The van der Waals surface area contributed by atoms with Crippen molar-refractivity contribution in [1.29, 1.82) is 0 Å². The maximum Gasteiger partial charge on any atom is 0.306 e. The Morgan fingerprint density at radius 3 is 1.49 bits per heavy atom. The number of hydrogen-bond acceptors (Lipinski definition) is 7. The van der Waals surface area contributed by atoms with Crippen molar-refractivity contribution in [2.45, 2.75) is 200 Å². The molecule has 0 aliphatic heterocycles. The molecule has 0 saturated heterocycles. The largest absolute Gasteiger partial charge is 0.756 e. The molecular formula is C42H84NO7P. The topological polar surface area (TPSA) is 94.1 Å². The fourth-order valence-electron chi connectivity index (χ4n) is 5.95. The SMILES string of the molecule is CCCCCCCCC/C=C\CCCCCCCC(=O)OC(COCCCCCCCCCCCCCCC)COP(=O)([O-])OCC[N+](C)(C)C. The molecule has 0 radical (unpaired) electrons. The number of rotatable bonds is 40. The molecule has 0 aromatic heterocycles. The van der Waals surface area contributed by atoms with Crippen LogP contribution in [0.15, 0.2) is 12.2 Å². The normalized spacial score (nSPS) is 13.9. The fraction of sp³-hybridized carbons (Fsp3) is 0.929. The van der Waals surface area contributed by atoms with Gasteiger partial charge in [-0.3, -0.25) is 9.36 Å². The molecule has 0 spiro atoms. The van der Waals surface area contributed by atoms with Crippen LogP contribution in [0.5, 0.6) is 0 Å². The Kier molecular flexibility index (Phi) is 35.7. The van der Waals surface area contributed by atoms with Gasteiger partial charge in [-0.15, -0.1) is 0 Å². The van der Waals surface area contributed by atoms with Crippen LogP contribution in [0.3, 0.4) is 0 Å². The van der Waals surface area contributed by atoms with Crippen LogP contribution in [0.1, 0.15) is 194 Å². The summed E-state index contributed by atoms with van der Waals surface area (Å²) in [4.78, 5) is 25.0. The number of unbranched alkanes of at least 4 members (excludes halogenated alkanes) is 24. The van der Waals surface area contributed by atoms with Crippen molar-refractivity contribution >= 4 is 13.8 Å². The number of quaternary nitrogens is 1. The summed E-state index contributed by atoms with van der Waals surface area (Å²) < 4.78 is 34.5. The quantitative estimate of drug-likeness (QED) is 0.0203. The Morgan fingerprint density at radius 2 is 1.02 bits per heavy atom. The lowest BCUT2D eigenvalue weighted by molar-refractivity contribution is -0.870. The number of carbonyl (C=O) groups excluding carboxylic acids is 1. The van der Waals surface area contributed by atoms with E-state index in [1.54, 1.807) is 0 Å². The molecule has 8 nitrogen and oxygen atoms in total. The summed E-state index contributed by atoms with van der Waals surface area (Å²) in [6, 6.07) is 0. The van der Waals surface area contributed by atoms with E-state index >= 15 is 0 Å². The van der Waals surface area contributed by atoms with E-state index in [9.17, 15) is 14.3 Å². The molecule has 0 aromatic carbocycles. The van der Waals surface area contributed by atoms with E-state index in [4.69, 9.17) is 18.5 Å². The van der Waals surface area contributed by atoms with Gasteiger partial charge in [-0.05, 0) is 38.5 Å². The first-order valence-electron chi connectivity index (χ1n) is 21.4. The van der Waals surface area contributed by atoms with Gasteiger partial charge in [-0.25, -0.2) is 0 Å². The summed E-state index contributed by atoms with van der Waals surface area (Å²) in [7, 11) is 1.36. The van der Waals surface area contributed by atoms with Crippen molar-refractivity contribution in [2.75, 3.05) is 54.1 Å². The summed E-state index contributed by atoms with van der Waals surface area (Å²) in [5, 5.41) is 0. The van der Waals surface area contributed by atoms with Gasteiger partial charge in [0.1, 0.15) is 19.3 Å². The number of phosphoric acid groups is 1. The van der Waals surface area contributed by atoms with Gasteiger partial charge < -0.3 is 27.9 Å². The third-order valence-corrected chi connectivity index (χ3v) is 10.3. The Balaban J connectivity index is 4.24. The van der Waals surface area contributed by atoms with Crippen LogP contribution >= 0.6 is 7.82 Å². The van der Waals surface area contributed by atoms with E-state index in [0.29, 0.717) is 24.1 Å². The van der Waals surface area contributed by atoms with Crippen molar-refractivity contribution in [3.63, 3.8) is 0 Å². The van der Waals surface area contributed by atoms with Gasteiger partial charge in [0.15, 0.2) is 0 Å². The van der Waals surface area contributed by atoms with Crippen molar-refractivity contribution in [1.82, 2.24) is 0 Å². The third-order valence-electron chi connectivity index (χ3n) is 9.32. The Hall–Kier alpha value is -0.760. The first-order chi connectivity index (χ1) is 24.6. The third kappa shape index (κ3) is 40.3. The molecule has 0 aliphatic carbocycles. The standard InChI is InChI=1S/C42H84NO7P/c1-6-8-10-12-14-16-18-20-21-22-23-25-27-29-31-33-35-42(44)50-41(40-49-51(45,46)48-38-36-43(3,4)5)39-47-37-34-32-30-28-26-24-19-17-15-13-11-9-7-2/h21-22,41H,6-20,23-40H2,1-5H3/b22-21-. The van der Waals surface area contributed by atoms with Crippen LogP contribution in [0.2, 0.25) is 0 Å². The number of nitrogens with zero attached hydrogens (tertiary/aromatic N) is 1. The molecule has 0 saturated carbocycles. The van der Waals surface area contributed by atoms with Crippen molar-refractivity contribution in [3.8, 4) is 0 Å². The molecular weight excluding hydrogens is 661 g/mol. The maximum atomic E-state index is 12.6. The Morgan fingerprint density at radius 1 is 0.588 bits per heavy atom. The van der Waals surface area contributed by atoms with Crippen molar-refractivity contribution in [2.24, 2.45) is 0 Å². The molecule has 0 N–H and O–H groups in total. The average Bonchev–Trinajstić information content (AvgIpc) is 3.08. The second-order valence-electron chi connectivity index (χ2n) is 15.7. The lowest BCUT2D eigenvalue weighted by atomic mass is 10.0. The minimum absolute atomic E-state index is 0.0276. The highest BCUT2D eigenvalue weighted by Crippen LogP contribution is 2.38. The van der Waals surface area contributed by atoms with Gasteiger partial charge in [0.25, 0.3) is 7.82 Å². The zero-order chi connectivity index (χ0) is 37.7. The van der Waals surface area contributed by atoms with Crippen molar-refractivity contribution in [3.05, 3.63) is 12.2 Å². The van der Waals surface area contributed by atoms with E-state index in [0.717, 1.165) is 44.9 Å². The van der Waals surface area contributed by atoms with Gasteiger partial charge in [0, 0.05) is 13.0 Å². The summed E-state index contributed by atoms with van der Waals surface area (Å²) in [5.41, 5.74) is 0. The summed E-state index contributed by atoms with van der Waals surface area (Å²) in [5.74, 6) is -0.340. The smallest absolute Gasteiger partial charge is 0.306 e. The summed E-state index contributed by atoms with van der Waals surface area (Å²) >= 11 is 0. The predicted octanol–water partition coefficient (Wildman–Crippen LogP) is 11.6. The molecule has 2 atom stereocenters. The van der Waals surface area contributed by atoms with Crippen LogP contribution < -0.4 is 4.89 Å². The van der Waals surface area contributed by atoms with Crippen molar-refractivity contribution < 1.29 is 37.3 Å². The van der Waals surface area contributed by atoms with Crippen LogP contribution in [0.4, 0.5) is 0 Å². The second-order valence-corrected chi connectivity index (χ2v) is 17.1. The van der Waals surface area contributed by atoms with Gasteiger partial charge >= 0.3 is 5.97 Å². The summed E-state index contributed by atoms with van der Waals surface area (Å²) in [6.45, 7) is 5.43. The molecule has 0 bridgehead atoms. The Labute approximate surface area is 316 Å². The number of likely N-dealkylation sites (N-methyl/N-ethyl adjacent to an activating group) is 1. The molecule has 0 aliphatic rings. The van der Waals surface area contributed by atoms with E-state index < -0.39 is 13.9 Å². The monoisotopic (exact) mass is 746 g/mol. The number of ether oxygens (including phenoxy) is 2. The lowest BCUT2D eigenvalue weighted by Crippen LogP contribution is -2.37. The van der Waals surface area contributed by atoms with Gasteiger partial charge in [0.05, 0.1) is 34.4 Å². The molecule has 9 heteroatoms. The van der Waals surface area contributed by atoms with Crippen LogP contribution in [-0.2, 0) is 27.9 Å². The number of phosphoric ester groups is 1. The summed E-state index contributed by atoms with van der Waals surface area (Å²) in [6.07, 6.45) is 37.8. The minimum Gasteiger partial charge on any atom is -0.756 e. The number of carbonyl (C=O) groups is 1. The predicted molar refractivity (Wildman–Crippen MR) is 213 cm³/mol. The maximum absolute atomic E-state index is 12.6. The molecule has 304 valence electrons. The van der Waals surface area contributed by atoms with E-state index in [2.05, 4.69) is 26.0 Å². The Bertz CT molecular complexity index is 833. The highest BCUT2D eigenvalue weighted by Gasteiger charge is 2.20. The van der Waals surface area contributed by atoms with Crippen LogP contribution in [0.25, 0.3) is 0 Å².